The minimum Gasteiger partial charge on any atom is -0.384 e. The Balaban J connectivity index is 0.00000121. The van der Waals surface area contributed by atoms with Crippen molar-refractivity contribution >= 4 is 11.7 Å². The van der Waals surface area contributed by atoms with E-state index in [1.54, 1.807) is 24.3 Å². The number of carbonyl (C=O) groups is 1. The second-order valence-electron chi connectivity index (χ2n) is 2.84. The number of methoxy groups -OCH3 is 1. The number of hydrogen-bond donors (Lipinski definition) is 2. The fourth-order valence-corrected chi connectivity index (χ4v) is 0.957. The molecule has 3 N–H and O–H groups in total. The van der Waals surface area contributed by atoms with Crippen molar-refractivity contribution in [3.8, 4) is 0 Å². The SMILES string of the molecule is CC.COC/C(N)=N\NC(=O)c1ccccc1. The van der Waals surface area contributed by atoms with Crippen molar-refractivity contribution in [3.05, 3.63) is 35.9 Å². The van der Waals surface area contributed by atoms with Gasteiger partial charge in [0.15, 0.2) is 0 Å². The molecule has 0 heterocycles. The molecule has 17 heavy (non-hydrogen) atoms. The number of amides is 1. The summed E-state index contributed by atoms with van der Waals surface area (Å²) in [6.07, 6.45) is 0. The van der Waals surface area contributed by atoms with Crippen LogP contribution in [0.5, 0.6) is 0 Å². The Morgan fingerprint density at radius 3 is 2.47 bits per heavy atom. The number of ether oxygens (including phenoxy) is 1. The highest BCUT2D eigenvalue weighted by Gasteiger charge is 2.02. The molecule has 0 aliphatic heterocycles. The molecule has 1 amide bonds. The van der Waals surface area contributed by atoms with Gasteiger partial charge in [0.05, 0.1) is 0 Å². The summed E-state index contributed by atoms with van der Waals surface area (Å²) in [5.41, 5.74) is 8.28. The summed E-state index contributed by atoms with van der Waals surface area (Å²) < 4.78 is 4.73. The molecule has 0 fully saturated rings. The Bertz CT molecular complexity index is 350. The van der Waals surface area contributed by atoms with E-state index in [4.69, 9.17) is 10.5 Å². The van der Waals surface area contributed by atoms with Gasteiger partial charge in [-0.05, 0) is 12.1 Å². The minimum atomic E-state index is -0.297. The first-order valence-corrected chi connectivity index (χ1v) is 5.40. The quantitative estimate of drug-likeness (QED) is 0.471. The number of carbonyl (C=O) groups excluding carboxylic acids is 1. The van der Waals surface area contributed by atoms with Crippen molar-refractivity contribution in [1.82, 2.24) is 5.43 Å². The molecule has 0 unspecified atom stereocenters. The Labute approximate surface area is 102 Å². The molecule has 0 saturated heterocycles. The molecule has 94 valence electrons. The number of rotatable bonds is 4. The normalized spacial score (nSPS) is 10.2. The van der Waals surface area contributed by atoms with Crippen LogP contribution in [0.4, 0.5) is 0 Å². The van der Waals surface area contributed by atoms with Gasteiger partial charge in [0.1, 0.15) is 12.4 Å². The summed E-state index contributed by atoms with van der Waals surface area (Å²) in [6.45, 7) is 4.19. The summed E-state index contributed by atoms with van der Waals surface area (Å²) in [7, 11) is 1.50. The van der Waals surface area contributed by atoms with Crippen molar-refractivity contribution in [1.29, 1.82) is 0 Å². The molecule has 5 heteroatoms. The van der Waals surface area contributed by atoms with Gasteiger partial charge in [-0.3, -0.25) is 4.79 Å². The lowest BCUT2D eigenvalue weighted by Crippen LogP contribution is -2.25. The van der Waals surface area contributed by atoms with E-state index in [0.29, 0.717) is 5.56 Å². The van der Waals surface area contributed by atoms with Gasteiger partial charge < -0.3 is 10.5 Å². The van der Waals surface area contributed by atoms with E-state index in [0.717, 1.165) is 0 Å². The first-order valence-electron chi connectivity index (χ1n) is 5.40. The molecule has 0 aliphatic carbocycles. The van der Waals surface area contributed by atoms with Gasteiger partial charge in [0.2, 0.25) is 0 Å². The van der Waals surface area contributed by atoms with E-state index in [1.165, 1.54) is 7.11 Å². The molecule has 1 aromatic rings. The topological polar surface area (TPSA) is 76.7 Å². The van der Waals surface area contributed by atoms with Gasteiger partial charge in [-0.2, -0.15) is 5.10 Å². The van der Waals surface area contributed by atoms with E-state index in [-0.39, 0.29) is 18.3 Å². The number of hydrazone groups is 1. The number of benzene rings is 1. The maximum Gasteiger partial charge on any atom is 0.271 e. The molecule has 0 atom stereocenters. The van der Waals surface area contributed by atoms with Gasteiger partial charge in [-0.1, -0.05) is 32.0 Å². The van der Waals surface area contributed by atoms with E-state index in [1.807, 2.05) is 19.9 Å². The monoisotopic (exact) mass is 237 g/mol. The zero-order chi connectivity index (χ0) is 13.1. The van der Waals surface area contributed by atoms with E-state index in [9.17, 15) is 4.79 Å². The maximum absolute atomic E-state index is 11.4. The third-order valence-corrected chi connectivity index (χ3v) is 1.63. The van der Waals surface area contributed by atoms with Gasteiger partial charge in [-0.25, -0.2) is 5.43 Å². The molecule has 0 aliphatic rings. The van der Waals surface area contributed by atoms with Crippen LogP contribution in [-0.4, -0.2) is 25.5 Å². The van der Waals surface area contributed by atoms with E-state index in [2.05, 4.69) is 10.5 Å². The largest absolute Gasteiger partial charge is 0.384 e. The number of amidine groups is 1. The van der Waals surface area contributed by atoms with Crippen LogP contribution in [-0.2, 0) is 4.74 Å². The Morgan fingerprint density at radius 2 is 1.94 bits per heavy atom. The molecular weight excluding hydrogens is 218 g/mol. The highest BCUT2D eigenvalue weighted by Crippen LogP contribution is 1.97. The number of nitrogens with zero attached hydrogens (tertiary/aromatic N) is 1. The van der Waals surface area contributed by atoms with Crippen molar-refractivity contribution in [2.45, 2.75) is 13.8 Å². The van der Waals surface area contributed by atoms with Crippen LogP contribution in [0.1, 0.15) is 24.2 Å². The van der Waals surface area contributed by atoms with Crippen molar-refractivity contribution < 1.29 is 9.53 Å². The summed E-state index contributed by atoms with van der Waals surface area (Å²) in [4.78, 5) is 11.4. The molecule has 5 nitrogen and oxygen atoms in total. The second kappa shape index (κ2) is 9.35. The lowest BCUT2D eigenvalue weighted by Gasteiger charge is -2.01. The average Bonchev–Trinajstić information content (AvgIpc) is 2.40. The lowest BCUT2D eigenvalue weighted by molar-refractivity contribution is 0.0954. The highest BCUT2D eigenvalue weighted by molar-refractivity contribution is 5.95. The van der Waals surface area contributed by atoms with Gasteiger partial charge in [0.25, 0.3) is 5.91 Å². The van der Waals surface area contributed by atoms with Gasteiger partial charge in [-0.15, -0.1) is 0 Å². The Kier molecular flexibility index (Phi) is 8.32. The summed E-state index contributed by atoms with van der Waals surface area (Å²) >= 11 is 0. The first-order chi connectivity index (χ1) is 8.24. The van der Waals surface area contributed by atoms with Crippen molar-refractivity contribution in [2.75, 3.05) is 13.7 Å². The second-order valence-corrected chi connectivity index (χ2v) is 2.84. The standard InChI is InChI=1S/C10H13N3O2.C2H6/c1-15-7-9(11)12-13-10(14)8-5-3-2-4-6-8;1-2/h2-6H,7H2,1H3,(H2,11,12)(H,13,14);1-2H3. The van der Waals surface area contributed by atoms with Crippen LogP contribution in [0.15, 0.2) is 35.4 Å². The first kappa shape index (κ1) is 15.1. The summed E-state index contributed by atoms with van der Waals surface area (Å²) in [5.74, 6) is -0.0727. The van der Waals surface area contributed by atoms with Crippen LogP contribution in [0.3, 0.4) is 0 Å². The summed E-state index contributed by atoms with van der Waals surface area (Å²) in [5, 5.41) is 3.66. The molecular formula is C12H19N3O2. The van der Waals surface area contributed by atoms with Crippen molar-refractivity contribution in [3.63, 3.8) is 0 Å². The third-order valence-electron chi connectivity index (χ3n) is 1.63. The third kappa shape index (κ3) is 6.32. The predicted octanol–water partition coefficient (Wildman–Crippen LogP) is 1.36. The van der Waals surface area contributed by atoms with Crippen LogP contribution >= 0.6 is 0 Å². The zero-order valence-corrected chi connectivity index (χ0v) is 10.4. The van der Waals surface area contributed by atoms with Crippen LogP contribution in [0.25, 0.3) is 0 Å². The average molecular weight is 237 g/mol. The van der Waals surface area contributed by atoms with Crippen LogP contribution < -0.4 is 11.2 Å². The van der Waals surface area contributed by atoms with Gasteiger partial charge in [0, 0.05) is 12.7 Å². The smallest absolute Gasteiger partial charge is 0.271 e. The fourth-order valence-electron chi connectivity index (χ4n) is 0.957. The lowest BCUT2D eigenvalue weighted by atomic mass is 10.2. The van der Waals surface area contributed by atoms with Crippen LogP contribution in [0.2, 0.25) is 0 Å². The summed E-state index contributed by atoms with van der Waals surface area (Å²) in [6, 6.07) is 8.77. The molecule has 0 bridgehead atoms. The predicted molar refractivity (Wildman–Crippen MR) is 68.8 cm³/mol. The number of nitrogens with two attached hydrogens (primary N) is 1. The molecule has 1 rings (SSSR count). The molecule has 0 spiro atoms. The maximum atomic E-state index is 11.4. The molecule has 0 aromatic heterocycles. The van der Waals surface area contributed by atoms with Crippen LogP contribution in [0, 0.1) is 0 Å². The van der Waals surface area contributed by atoms with E-state index >= 15 is 0 Å². The van der Waals surface area contributed by atoms with Gasteiger partial charge >= 0.3 is 0 Å². The minimum absolute atomic E-state index is 0.190. The van der Waals surface area contributed by atoms with Crippen molar-refractivity contribution in [2.24, 2.45) is 10.8 Å². The Hall–Kier alpha value is -1.88. The Morgan fingerprint density at radius 1 is 1.35 bits per heavy atom. The fraction of sp³-hybridized carbons (Fsp3) is 0.333. The molecule has 0 saturated carbocycles. The van der Waals surface area contributed by atoms with E-state index < -0.39 is 0 Å². The number of hydrogen-bond acceptors (Lipinski definition) is 3. The number of nitrogens with one attached hydrogen (secondary N) is 1. The molecule has 0 radical (unpaired) electrons. The zero-order valence-electron chi connectivity index (χ0n) is 10.4. The molecule has 1 aromatic carbocycles. The highest BCUT2D eigenvalue weighted by atomic mass is 16.5.